The largest absolute Gasteiger partial charge is 0.296 e. The average Bonchev–Trinajstić information content (AvgIpc) is 2.95. The molecule has 0 atom stereocenters. The number of pyridine rings is 1. The number of anilines is 1. The van der Waals surface area contributed by atoms with Crippen LogP contribution in [0.3, 0.4) is 0 Å². The van der Waals surface area contributed by atoms with Crippen molar-refractivity contribution in [1.29, 1.82) is 0 Å². The highest BCUT2D eigenvalue weighted by atomic mass is 32.1. The standard InChI is InChI=1S/C17H14FN3OS/c1-10-7-11(2)19-14(8-10)16(22)21-17-20-15(9-23-17)12-3-5-13(18)6-4-12/h3-9H,1-2H3,(H,20,21,22). The second-order valence-electron chi connectivity index (χ2n) is 5.17. The summed E-state index contributed by atoms with van der Waals surface area (Å²) in [7, 11) is 0. The number of rotatable bonds is 3. The first-order valence-corrected chi connectivity index (χ1v) is 7.87. The number of amides is 1. The molecule has 6 heteroatoms. The van der Waals surface area contributed by atoms with E-state index in [1.54, 1.807) is 18.2 Å². The van der Waals surface area contributed by atoms with Gasteiger partial charge in [0, 0.05) is 16.6 Å². The molecule has 116 valence electrons. The van der Waals surface area contributed by atoms with Gasteiger partial charge in [-0.2, -0.15) is 0 Å². The van der Waals surface area contributed by atoms with E-state index in [0.717, 1.165) is 16.8 Å². The number of carbonyl (C=O) groups excluding carboxylic acids is 1. The van der Waals surface area contributed by atoms with Crippen LogP contribution >= 0.6 is 11.3 Å². The van der Waals surface area contributed by atoms with Crippen LogP contribution in [0.5, 0.6) is 0 Å². The fourth-order valence-electron chi connectivity index (χ4n) is 2.20. The lowest BCUT2D eigenvalue weighted by atomic mass is 10.2. The normalized spacial score (nSPS) is 10.6. The fourth-order valence-corrected chi connectivity index (χ4v) is 2.92. The minimum absolute atomic E-state index is 0.293. The molecule has 3 rings (SSSR count). The molecule has 0 aliphatic rings. The summed E-state index contributed by atoms with van der Waals surface area (Å²) in [6.45, 7) is 3.77. The lowest BCUT2D eigenvalue weighted by molar-refractivity contribution is 0.102. The van der Waals surface area contributed by atoms with E-state index in [1.807, 2.05) is 25.3 Å². The van der Waals surface area contributed by atoms with Crippen LogP contribution in [-0.4, -0.2) is 15.9 Å². The zero-order valence-corrected chi connectivity index (χ0v) is 13.4. The Labute approximate surface area is 137 Å². The number of benzene rings is 1. The van der Waals surface area contributed by atoms with Crippen LogP contribution in [0.1, 0.15) is 21.7 Å². The van der Waals surface area contributed by atoms with Crippen molar-refractivity contribution in [3.8, 4) is 11.3 Å². The minimum Gasteiger partial charge on any atom is -0.296 e. The van der Waals surface area contributed by atoms with Crippen molar-refractivity contribution in [2.45, 2.75) is 13.8 Å². The van der Waals surface area contributed by atoms with Crippen molar-refractivity contribution in [1.82, 2.24) is 9.97 Å². The minimum atomic E-state index is -0.295. The molecule has 0 aliphatic carbocycles. The van der Waals surface area contributed by atoms with Crippen molar-refractivity contribution < 1.29 is 9.18 Å². The number of nitrogens with zero attached hydrogens (tertiary/aromatic N) is 2. The van der Waals surface area contributed by atoms with Crippen LogP contribution in [0.2, 0.25) is 0 Å². The molecule has 0 bridgehead atoms. The van der Waals surface area contributed by atoms with Gasteiger partial charge in [-0.25, -0.2) is 14.4 Å². The van der Waals surface area contributed by atoms with E-state index < -0.39 is 0 Å². The van der Waals surface area contributed by atoms with E-state index in [9.17, 15) is 9.18 Å². The third-order valence-electron chi connectivity index (χ3n) is 3.20. The number of carbonyl (C=O) groups is 1. The summed E-state index contributed by atoms with van der Waals surface area (Å²) in [6.07, 6.45) is 0. The maximum absolute atomic E-state index is 13.0. The molecule has 2 heterocycles. The van der Waals surface area contributed by atoms with Gasteiger partial charge in [-0.15, -0.1) is 11.3 Å². The molecule has 0 unspecified atom stereocenters. The first-order chi connectivity index (χ1) is 11.0. The Hall–Kier alpha value is -2.60. The summed E-state index contributed by atoms with van der Waals surface area (Å²) in [4.78, 5) is 20.8. The number of hydrogen-bond acceptors (Lipinski definition) is 4. The third kappa shape index (κ3) is 3.60. The van der Waals surface area contributed by atoms with E-state index in [2.05, 4.69) is 15.3 Å². The van der Waals surface area contributed by atoms with Crippen LogP contribution in [0.25, 0.3) is 11.3 Å². The topological polar surface area (TPSA) is 54.9 Å². The lowest BCUT2D eigenvalue weighted by Gasteiger charge is -2.03. The van der Waals surface area contributed by atoms with Gasteiger partial charge in [0.05, 0.1) is 5.69 Å². The molecule has 23 heavy (non-hydrogen) atoms. The van der Waals surface area contributed by atoms with E-state index in [1.165, 1.54) is 23.5 Å². The van der Waals surface area contributed by atoms with Gasteiger partial charge in [-0.1, -0.05) is 0 Å². The Morgan fingerprint density at radius 2 is 1.87 bits per heavy atom. The van der Waals surface area contributed by atoms with Crippen LogP contribution in [-0.2, 0) is 0 Å². The molecule has 0 aliphatic heterocycles. The third-order valence-corrected chi connectivity index (χ3v) is 3.95. The van der Waals surface area contributed by atoms with Gasteiger partial charge in [0.25, 0.3) is 5.91 Å². The number of halogens is 1. The number of thiazole rings is 1. The zero-order chi connectivity index (χ0) is 16.4. The van der Waals surface area contributed by atoms with E-state index in [4.69, 9.17) is 0 Å². The molecule has 0 spiro atoms. The second-order valence-corrected chi connectivity index (χ2v) is 6.03. The quantitative estimate of drug-likeness (QED) is 0.784. The van der Waals surface area contributed by atoms with Crippen molar-refractivity contribution in [2.24, 2.45) is 0 Å². The molecule has 2 aromatic heterocycles. The van der Waals surface area contributed by atoms with Crippen LogP contribution < -0.4 is 5.32 Å². The van der Waals surface area contributed by atoms with Crippen LogP contribution in [0, 0.1) is 19.7 Å². The maximum Gasteiger partial charge on any atom is 0.276 e. The molecule has 1 N–H and O–H groups in total. The van der Waals surface area contributed by atoms with Crippen molar-refractivity contribution >= 4 is 22.4 Å². The predicted octanol–water partition coefficient (Wildman–Crippen LogP) is 4.21. The van der Waals surface area contributed by atoms with Gasteiger partial charge < -0.3 is 0 Å². The van der Waals surface area contributed by atoms with E-state index >= 15 is 0 Å². The monoisotopic (exact) mass is 327 g/mol. The molecule has 1 amide bonds. The van der Waals surface area contributed by atoms with Crippen LogP contribution in [0.15, 0.2) is 41.8 Å². The Balaban J connectivity index is 1.78. The number of aromatic nitrogens is 2. The van der Waals surface area contributed by atoms with Crippen molar-refractivity contribution in [3.63, 3.8) is 0 Å². The Kier molecular flexibility index (Phi) is 4.16. The number of nitrogens with one attached hydrogen (secondary N) is 1. The Bertz CT molecular complexity index is 838. The fraction of sp³-hybridized carbons (Fsp3) is 0.118. The number of aryl methyl sites for hydroxylation is 2. The molecule has 0 fully saturated rings. The Morgan fingerprint density at radius 3 is 2.57 bits per heavy atom. The summed E-state index contributed by atoms with van der Waals surface area (Å²) in [5.74, 6) is -0.588. The molecule has 0 saturated carbocycles. The summed E-state index contributed by atoms with van der Waals surface area (Å²) < 4.78 is 13.0. The lowest BCUT2D eigenvalue weighted by Crippen LogP contribution is -2.14. The molecule has 0 saturated heterocycles. The van der Waals surface area contributed by atoms with Crippen molar-refractivity contribution in [3.05, 3.63) is 64.5 Å². The first kappa shape index (κ1) is 15.3. The van der Waals surface area contributed by atoms with Crippen molar-refractivity contribution in [2.75, 3.05) is 5.32 Å². The summed E-state index contributed by atoms with van der Waals surface area (Å²) >= 11 is 1.32. The molecule has 3 aromatic rings. The second kappa shape index (κ2) is 6.26. The summed E-state index contributed by atoms with van der Waals surface area (Å²) in [6, 6.07) is 9.71. The maximum atomic E-state index is 13.0. The van der Waals surface area contributed by atoms with Gasteiger partial charge in [-0.05, 0) is 55.8 Å². The highest BCUT2D eigenvalue weighted by Gasteiger charge is 2.12. The highest BCUT2D eigenvalue weighted by molar-refractivity contribution is 7.14. The highest BCUT2D eigenvalue weighted by Crippen LogP contribution is 2.25. The predicted molar refractivity (Wildman–Crippen MR) is 89.2 cm³/mol. The van der Waals surface area contributed by atoms with E-state index in [-0.39, 0.29) is 11.7 Å². The van der Waals surface area contributed by atoms with E-state index in [0.29, 0.717) is 16.5 Å². The van der Waals surface area contributed by atoms with Gasteiger partial charge in [0.2, 0.25) is 0 Å². The van der Waals surface area contributed by atoms with Gasteiger partial charge in [0.1, 0.15) is 11.5 Å². The molecular formula is C17H14FN3OS. The van der Waals surface area contributed by atoms with Gasteiger partial charge >= 0.3 is 0 Å². The number of hydrogen-bond donors (Lipinski definition) is 1. The average molecular weight is 327 g/mol. The van der Waals surface area contributed by atoms with Gasteiger partial charge in [-0.3, -0.25) is 10.1 Å². The van der Waals surface area contributed by atoms with Crippen LogP contribution in [0.4, 0.5) is 9.52 Å². The SMILES string of the molecule is Cc1cc(C)nc(C(=O)Nc2nc(-c3ccc(F)cc3)cs2)c1. The van der Waals surface area contributed by atoms with Gasteiger partial charge in [0.15, 0.2) is 5.13 Å². The molecule has 1 aromatic carbocycles. The first-order valence-electron chi connectivity index (χ1n) is 6.99. The Morgan fingerprint density at radius 1 is 1.13 bits per heavy atom. The zero-order valence-electron chi connectivity index (χ0n) is 12.6. The molecule has 4 nitrogen and oxygen atoms in total. The summed E-state index contributed by atoms with van der Waals surface area (Å²) in [5.41, 5.74) is 3.63. The smallest absolute Gasteiger partial charge is 0.276 e. The molecule has 0 radical (unpaired) electrons. The summed E-state index contributed by atoms with van der Waals surface area (Å²) in [5, 5.41) is 5.05. The molecular weight excluding hydrogens is 313 g/mol.